The van der Waals surface area contributed by atoms with E-state index in [1.54, 1.807) is 24.3 Å². The number of halogens is 4. The number of anilines is 2. The predicted molar refractivity (Wildman–Crippen MR) is 131 cm³/mol. The van der Waals surface area contributed by atoms with E-state index in [0.29, 0.717) is 16.1 Å². The van der Waals surface area contributed by atoms with E-state index in [1.165, 1.54) is 31.2 Å². The normalized spacial score (nSPS) is 11.9. The summed E-state index contributed by atoms with van der Waals surface area (Å²) in [4.78, 5) is 17.7. The summed E-state index contributed by atoms with van der Waals surface area (Å²) in [5, 5.41) is 10.5. The topological polar surface area (TPSA) is 167 Å². The monoisotopic (exact) mass is 583 g/mol. The van der Waals surface area contributed by atoms with Crippen molar-refractivity contribution in [2.45, 2.75) is 18.0 Å². The number of rotatable bonds is 9. The molecule has 4 N–H and O–H groups in total. The fraction of sp³-hybridized carbons (Fsp3) is 0.250. The second-order valence-corrected chi connectivity index (χ2v) is 11.2. The summed E-state index contributed by atoms with van der Waals surface area (Å²) in [6.07, 6.45) is -5.08. The van der Waals surface area contributed by atoms with Crippen molar-refractivity contribution in [2.24, 2.45) is 0 Å². The van der Waals surface area contributed by atoms with Crippen LogP contribution in [0.3, 0.4) is 0 Å². The molecule has 0 atom stereocenters. The van der Waals surface area contributed by atoms with Gasteiger partial charge in [-0.3, -0.25) is 4.72 Å². The first kappa shape index (κ1) is 30.0. The minimum absolute atomic E-state index is 0.00185. The van der Waals surface area contributed by atoms with Crippen molar-refractivity contribution in [2.75, 3.05) is 28.9 Å². The molecule has 0 saturated heterocycles. The number of para-hydroxylation sites is 2. The number of hydrogen-bond acceptors (Lipinski definition) is 8. The lowest BCUT2D eigenvalue weighted by Crippen LogP contribution is -2.30. The Hall–Kier alpha value is -3.21. The summed E-state index contributed by atoms with van der Waals surface area (Å²) in [5.74, 6) is -2.61. The lowest BCUT2D eigenvalue weighted by Gasteiger charge is -2.14. The average molecular weight is 584 g/mol. The molecule has 17 heteroatoms. The van der Waals surface area contributed by atoms with E-state index >= 15 is 0 Å². The van der Waals surface area contributed by atoms with Crippen LogP contribution in [0.15, 0.2) is 53.4 Å². The van der Waals surface area contributed by atoms with Gasteiger partial charge in [-0.05, 0) is 43.3 Å². The molecular weight excluding hydrogens is 563 g/mol. The van der Waals surface area contributed by atoms with Gasteiger partial charge in [0.2, 0.25) is 10.0 Å². The molecule has 0 spiro atoms. The molecule has 0 saturated carbocycles. The number of nitrogens with zero attached hydrogens (tertiary/aromatic N) is 2. The molecule has 1 heterocycles. The highest BCUT2D eigenvalue weighted by Crippen LogP contribution is 2.24. The summed E-state index contributed by atoms with van der Waals surface area (Å²) in [5.41, 5.74) is 1.06. The molecule has 2 aromatic carbocycles. The van der Waals surface area contributed by atoms with Crippen LogP contribution in [-0.4, -0.2) is 62.9 Å². The number of alkyl halides is 3. The van der Waals surface area contributed by atoms with E-state index in [2.05, 4.69) is 24.7 Å². The highest BCUT2D eigenvalue weighted by atomic mass is 35.5. The summed E-state index contributed by atoms with van der Waals surface area (Å²) < 4.78 is 85.2. The minimum atomic E-state index is -5.08. The van der Waals surface area contributed by atoms with Crippen LogP contribution in [0.4, 0.5) is 24.8 Å². The quantitative estimate of drug-likeness (QED) is 0.277. The van der Waals surface area contributed by atoms with Crippen LogP contribution >= 0.6 is 11.6 Å². The molecule has 3 aromatic rings. The molecule has 11 nitrogen and oxygen atoms in total. The summed E-state index contributed by atoms with van der Waals surface area (Å²) in [6.45, 7) is 1.82. The summed E-state index contributed by atoms with van der Waals surface area (Å²) in [6, 6.07) is 12.7. The first-order valence-corrected chi connectivity index (χ1v) is 13.7. The molecule has 0 fully saturated rings. The molecule has 0 aliphatic carbocycles. The van der Waals surface area contributed by atoms with Gasteiger partial charge in [0.05, 0.1) is 21.7 Å². The van der Waals surface area contributed by atoms with E-state index in [0.717, 1.165) is 0 Å². The number of aliphatic carboxylic acids is 1. The Morgan fingerprint density at radius 3 is 1.95 bits per heavy atom. The molecule has 0 aliphatic rings. The zero-order valence-electron chi connectivity index (χ0n) is 19.0. The third-order valence-corrected chi connectivity index (χ3v) is 7.30. The van der Waals surface area contributed by atoms with Gasteiger partial charge in [-0.15, -0.1) is 0 Å². The Morgan fingerprint density at radius 1 is 0.946 bits per heavy atom. The molecule has 3 rings (SSSR count). The maximum absolute atomic E-state index is 12.8. The number of sulfonamides is 2. The van der Waals surface area contributed by atoms with Gasteiger partial charge in [-0.25, -0.2) is 36.3 Å². The third kappa shape index (κ3) is 9.31. The summed E-state index contributed by atoms with van der Waals surface area (Å²) >= 11 is 5.83. The third-order valence-electron chi connectivity index (χ3n) is 4.29. The van der Waals surface area contributed by atoms with Crippen molar-refractivity contribution in [1.82, 2.24) is 14.7 Å². The van der Waals surface area contributed by atoms with Crippen molar-refractivity contribution in [3.63, 3.8) is 0 Å². The highest BCUT2D eigenvalue weighted by Gasteiger charge is 2.38. The molecule has 37 heavy (non-hydrogen) atoms. The predicted octanol–water partition coefficient (Wildman–Crippen LogP) is 3.07. The number of fused-ring (bicyclic) bond motifs is 1. The van der Waals surface area contributed by atoms with E-state index in [-0.39, 0.29) is 35.4 Å². The standard InChI is InChI=1S/C18H20ClN5O4S2.C2HF3O2/c1-2-29(25,26)21-12-11-20-17-18(23-16-6-4-3-5-15(16)22-17)24-30(27,28)14-9-7-13(19)8-10-14;3-2(4,5)1(6)7/h3-10,21H,2,11-12H2,1H3,(H,20,22)(H,23,24);(H,6,7). The average Bonchev–Trinajstić information content (AvgIpc) is 2.82. The van der Waals surface area contributed by atoms with Crippen LogP contribution in [0.25, 0.3) is 11.0 Å². The second kappa shape index (κ2) is 12.4. The number of aromatic nitrogens is 2. The number of hydrogen-bond donors (Lipinski definition) is 4. The van der Waals surface area contributed by atoms with Crippen LogP contribution in [-0.2, 0) is 24.8 Å². The van der Waals surface area contributed by atoms with Gasteiger partial charge < -0.3 is 10.4 Å². The highest BCUT2D eigenvalue weighted by molar-refractivity contribution is 7.92. The van der Waals surface area contributed by atoms with E-state index in [9.17, 15) is 30.0 Å². The number of carboxylic acid groups (broad SMARTS) is 1. The fourth-order valence-electron chi connectivity index (χ4n) is 2.48. The van der Waals surface area contributed by atoms with Crippen LogP contribution in [0.1, 0.15) is 6.92 Å². The Morgan fingerprint density at radius 2 is 1.46 bits per heavy atom. The van der Waals surface area contributed by atoms with E-state index in [4.69, 9.17) is 21.5 Å². The van der Waals surface area contributed by atoms with Crippen LogP contribution in [0.5, 0.6) is 0 Å². The second-order valence-electron chi connectivity index (χ2n) is 7.00. The smallest absolute Gasteiger partial charge is 0.475 e. The zero-order valence-corrected chi connectivity index (χ0v) is 21.3. The Kier molecular flexibility index (Phi) is 10.0. The lowest BCUT2D eigenvalue weighted by atomic mass is 10.3. The Bertz CT molecular complexity index is 1450. The number of benzene rings is 2. The Labute approximate surface area is 215 Å². The Balaban J connectivity index is 0.000000604. The lowest BCUT2D eigenvalue weighted by molar-refractivity contribution is -0.192. The van der Waals surface area contributed by atoms with Gasteiger partial charge >= 0.3 is 12.1 Å². The van der Waals surface area contributed by atoms with Crippen molar-refractivity contribution < 1.29 is 39.9 Å². The van der Waals surface area contributed by atoms with Gasteiger partial charge in [-0.2, -0.15) is 13.2 Å². The van der Waals surface area contributed by atoms with Gasteiger partial charge in [0.15, 0.2) is 11.6 Å². The maximum Gasteiger partial charge on any atom is 0.490 e. The van der Waals surface area contributed by atoms with Crippen molar-refractivity contribution in [1.29, 1.82) is 0 Å². The molecule has 0 aliphatic heterocycles. The van der Waals surface area contributed by atoms with Gasteiger partial charge in [0.1, 0.15) is 0 Å². The number of carboxylic acids is 1. The molecular formula is C20H21ClF3N5O6S2. The van der Waals surface area contributed by atoms with Crippen LogP contribution in [0, 0.1) is 0 Å². The van der Waals surface area contributed by atoms with Gasteiger partial charge in [0.25, 0.3) is 10.0 Å². The number of carbonyl (C=O) groups is 1. The number of nitrogens with one attached hydrogen (secondary N) is 3. The molecule has 0 amide bonds. The summed E-state index contributed by atoms with van der Waals surface area (Å²) in [7, 11) is -7.28. The largest absolute Gasteiger partial charge is 0.490 e. The van der Waals surface area contributed by atoms with Gasteiger partial charge in [0, 0.05) is 18.1 Å². The molecule has 1 aromatic heterocycles. The SMILES string of the molecule is CCS(=O)(=O)NCCNc1nc2ccccc2nc1NS(=O)(=O)c1ccc(Cl)cc1.O=C(O)C(F)(F)F. The molecule has 0 radical (unpaired) electrons. The zero-order chi connectivity index (χ0) is 27.9. The van der Waals surface area contributed by atoms with E-state index < -0.39 is 32.2 Å². The van der Waals surface area contributed by atoms with Crippen molar-refractivity contribution in [3.05, 3.63) is 53.6 Å². The van der Waals surface area contributed by atoms with Crippen LogP contribution in [0.2, 0.25) is 5.02 Å². The first-order chi connectivity index (χ1) is 17.1. The molecule has 0 bridgehead atoms. The van der Waals surface area contributed by atoms with Crippen molar-refractivity contribution >= 4 is 60.3 Å². The first-order valence-electron chi connectivity index (χ1n) is 10.2. The minimum Gasteiger partial charge on any atom is -0.475 e. The fourth-order valence-corrected chi connectivity index (χ4v) is 4.24. The molecule has 202 valence electrons. The van der Waals surface area contributed by atoms with Crippen molar-refractivity contribution in [3.8, 4) is 0 Å². The maximum atomic E-state index is 12.8. The van der Waals surface area contributed by atoms with E-state index in [1.807, 2.05) is 0 Å². The van der Waals surface area contributed by atoms with Gasteiger partial charge in [-0.1, -0.05) is 23.7 Å². The van der Waals surface area contributed by atoms with Crippen LogP contribution < -0.4 is 14.8 Å². The molecule has 0 unspecified atom stereocenters.